The van der Waals surface area contributed by atoms with E-state index in [0.29, 0.717) is 33.6 Å². The van der Waals surface area contributed by atoms with Gasteiger partial charge >= 0.3 is 6.18 Å². The topological polar surface area (TPSA) is 55.0 Å². The van der Waals surface area contributed by atoms with Gasteiger partial charge < -0.3 is 9.72 Å². The maximum absolute atomic E-state index is 12.9. The minimum Gasteiger partial charge on any atom is -0.488 e. The van der Waals surface area contributed by atoms with Crippen molar-refractivity contribution in [3.8, 4) is 17.1 Å². The van der Waals surface area contributed by atoms with Crippen LogP contribution in [0.5, 0.6) is 5.75 Å². The minimum atomic E-state index is -4.41. The highest BCUT2D eigenvalue weighted by Gasteiger charge is 2.30. The van der Waals surface area contributed by atoms with E-state index in [9.17, 15) is 18.0 Å². The van der Waals surface area contributed by atoms with Crippen LogP contribution in [0, 0.1) is 0 Å². The monoisotopic (exact) mass is 396 g/mol. The quantitative estimate of drug-likeness (QED) is 0.517. The molecular weight excluding hydrogens is 381 g/mol. The fraction of sp³-hybridized carbons (Fsp3) is 0.0909. The van der Waals surface area contributed by atoms with Crippen molar-refractivity contribution in [1.82, 2.24) is 9.97 Å². The molecule has 1 heterocycles. The molecule has 0 unspecified atom stereocenters. The number of ether oxygens (including phenoxy) is 1. The zero-order valence-electron chi connectivity index (χ0n) is 15.0. The van der Waals surface area contributed by atoms with Crippen LogP contribution < -0.4 is 10.3 Å². The van der Waals surface area contributed by atoms with Gasteiger partial charge in [-0.3, -0.25) is 4.79 Å². The second-order valence-electron chi connectivity index (χ2n) is 6.41. The van der Waals surface area contributed by atoms with Gasteiger partial charge in [-0.15, -0.1) is 0 Å². The van der Waals surface area contributed by atoms with Gasteiger partial charge in [-0.25, -0.2) is 4.98 Å². The maximum Gasteiger partial charge on any atom is 0.416 e. The number of H-pyrrole nitrogens is 1. The van der Waals surface area contributed by atoms with Crippen LogP contribution in [0.15, 0.2) is 77.6 Å². The zero-order valence-corrected chi connectivity index (χ0v) is 15.0. The smallest absolute Gasteiger partial charge is 0.416 e. The van der Waals surface area contributed by atoms with Crippen LogP contribution in [0.2, 0.25) is 0 Å². The fourth-order valence-electron chi connectivity index (χ4n) is 3.00. The van der Waals surface area contributed by atoms with Crippen LogP contribution in [0.3, 0.4) is 0 Å². The lowest BCUT2D eigenvalue weighted by Crippen LogP contribution is -2.10. The number of aromatic amines is 1. The predicted octanol–water partition coefficient (Wildman–Crippen LogP) is 5.19. The van der Waals surface area contributed by atoms with Gasteiger partial charge in [0.15, 0.2) is 0 Å². The number of fused-ring (bicyclic) bond motifs is 1. The van der Waals surface area contributed by atoms with Crippen molar-refractivity contribution in [3.63, 3.8) is 0 Å². The van der Waals surface area contributed by atoms with E-state index in [-0.39, 0.29) is 12.2 Å². The molecule has 0 amide bonds. The average molecular weight is 396 g/mol. The Labute approximate surface area is 163 Å². The number of para-hydroxylation sites is 2. The van der Waals surface area contributed by atoms with Gasteiger partial charge in [0.25, 0.3) is 5.56 Å². The molecule has 1 aromatic heterocycles. The normalized spacial score (nSPS) is 11.6. The molecule has 0 fully saturated rings. The molecule has 29 heavy (non-hydrogen) atoms. The summed E-state index contributed by atoms with van der Waals surface area (Å²) in [4.78, 5) is 19.6. The Hall–Kier alpha value is -3.61. The summed E-state index contributed by atoms with van der Waals surface area (Å²) in [7, 11) is 0. The third-order valence-corrected chi connectivity index (χ3v) is 4.40. The fourth-order valence-corrected chi connectivity index (χ4v) is 3.00. The Bertz CT molecular complexity index is 1230. The highest BCUT2D eigenvalue weighted by molar-refractivity contribution is 5.80. The molecule has 146 valence electrons. The van der Waals surface area contributed by atoms with Crippen LogP contribution in [-0.2, 0) is 12.8 Å². The number of benzene rings is 3. The molecule has 4 nitrogen and oxygen atoms in total. The van der Waals surface area contributed by atoms with Crippen molar-refractivity contribution < 1.29 is 17.9 Å². The number of hydrogen-bond acceptors (Lipinski definition) is 3. The molecule has 0 aliphatic rings. The number of hydrogen-bond donors (Lipinski definition) is 1. The van der Waals surface area contributed by atoms with Crippen molar-refractivity contribution >= 4 is 10.9 Å². The lowest BCUT2D eigenvalue weighted by molar-refractivity contribution is -0.137. The van der Waals surface area contributed by atoms with Gasteiger partial charge in [-0.05, 0) is 42.0 Å². The predicted molar refractivity (Wildman–Crippen MR) is 104 cm³/mol. The first-order valence-corrected chi connectivity index (χ1v) is 8.79. The third kappa shape index (κ3) is 3.99. The van der Waals surface area contributed by atoms with Gasteiger partial charge in [0, 0.05) is 0 Å². The number of nitrogens with zero attached hydrogens (tertiary/aromatic N) is 1. The Kier molecular flexibility index (Phi) is 4.80. The number of rotatable bonds is 4. The van der Waals surface area contributed by atoms with Gasteiger partial charge in [0.2, 0.25) is 0 Å². The van der Waals surface area contributed by atoms with Crippen LogP contribution in [0.4, 0.5) is 13.2 Å². The Morgan fingerprint density at radius 3 is 2.52 bits per heavy atom. The summed E-state index contributed by atoms with van der Waals surface area (Å²) < 4.78 is 44.5. The maximum atomic E-state index is 12.9. The summed E-state index contributed by atoms with van der Waals surface area (Å²) in [6, 6.07) is 18.9. The number of aromatic nitrogens is 2. The summed E-state index contributed by atoms with van der Waals surface area (Å²) in [6.07, 6.45) is -4.41. The van der Waals surface area contributed by atoms with Crippen molar-refractivity contribution in [3.05, 3.63) is 94.3 Å². The molecule has 0 aliphatic carbocycles. The van der Waals surface area contributed by atoms with E-state index < -0.39 is 11.7 Å². The third-order valence-electron chi connectivity index (χ3n) is 4.40. The SMILES string of the molecule is O=c1[nH]c(-c2ccccc2OCc2cccc(C(F)(F)F)c2)nc2ccccc12. The molecule has 0 aliphatic heterocycles. The summed E-state index contributed by atoms with van der Waals surface area (Å²) >= 11 is 0. The summed E-state index contributed by atoms with van der Waals surface area (Å²) in [5.41, 5.74) is 0.460. The standard InChI is InChI=1S/C22H15F3N2O2/c23-22(24,25)15-7-5-6-14(12-15)13-29-19-11-4-2-9-17(19)20-26-18-10-3-1-8-16(18)21(28)27-20/h1-12H,13H2,(H,26,27,28). The molecule has 0 saturated carbocycles. The Balaban J connectivity index is 1.66. The summed E-state index contributed by atoms with van der Waals surface area (Å²) in [5.74, 6) is 0.733. The highest BCUT2D eigenvalue weighted by Crippen LogP contribution is 2.31. The van der Waals surface area contributed by atoms with E-state index >= 15 is 0 Å². The van der Waals surface area contributed by atoms with Gasteiger partial charge in [0.05, 0.1) is 22.0 Å². The molecular formula is C22H15F3N2O2. The second kappa shape index (κ2) is 7.43. The number of halogens is 3. The van der Waals surface area contributed by atoms with E-state index in [1.807, 2.05) is 0 Å². The van der Waals surface area contributed by atoms with Crippen molar-refractivity contribution in [2.24, 2.45) is 0 Å². The lowest BCUT2D eigenvalue weighted by atomic mass is 10.1. The van der Waals surface area contributed by atoms with Gasteiger partial charge in [-0.2, -0.15) is 13.2 Å². The molecule has 3 aromatic carbocycles. The van der Waals surface area contributed by atoms with Crippen LogP contribution in [0.25, 0.3) is 22.3 Å². The molecule has 0 spiro atoms. The first kappa shape index (κ1) is 18.7. The first-order chi connectivity index (χ1) is 13.9. The molecule has 1 N–H and O–H groups in total. The van der Waals surface area contributed by atoms with Gasteiger partial charge in [-0.1, -0.05) is 36.4 Å². The Morgan fingerprint density at radius 1 is 0.931 bits per heavy atom. The van der Waals surface area contributed by atoms with E-state index in [1.54, 1.807) is 54.6 Å². The number of alkyl halides is 3. The minimum absolute atomic E-state index is 0.0568. The van der Waals surface area contributed by atoms with Gasteiger partial charge in [0.1, 0.15) is 18.2 Å². The molecule has 0 bridgehead atoms. The lowest BCUT2D eigenvalue weighted by Gasteiger charge is -2.13. The summed E-state index contributed by atoms with van der Waals surface area (Å²) in [6.45, 7) is -0.0568. The van der Waals surface area contributed by atoms with Crippen molar-refractivity contribution in [2.75, 3.05) is 0 Å². The van der Waals surface area contributed by atoms with E-state index in [1.165, 1.54) is 6.07 Å². The average Bonchev–Trinajstić information content (AvgIpc) is 2.72. The summed E-state index contributed by atoms with van der Waals surface area (Å²) in [5, 5.41) is 0.471. The highest BCUT2D eigenvalue weighted by atomic mass is 19.4. The molecule has 0 radical (unpaired) electrons. The van der Waals surface area contributed by atoms with Crippen LogP contribution >= 0.6 is 0 Å². The Morgan fingerprint density at radius 2 is 1.69 bits per heavy atom. The van der Waals surface area contributed by atoms with Crippen LogP contribution in [-0.4, -0.2) is 9.97 Å². The second-order valence-corrected chi connectivity index (χ2v) is 6.41. The molecule has 4 rings (SSSR count). The zero-order chi connectivity index (χ0) is 20.4. The first-order valence-electron chi connectivity index (χ1n) is 8.79. The van der Waals surface area contributed by atoms with E-state index in [4.69, 9.17) is 4.74 Å². The molecule has 4 aromatic rings. The molecule has 7 heteroatoms. The number of nitrogens with one attached hydrogen (secondary N) is 1. The van der Waals surface area contributed by atoms with Crippen molar-refractivity contribution in [1.29, 1.82) is 0 Å². The van der Waals surface area contributed by atoms with Crippen molar-refractivity contribution in [2.45, 2.75) is 12.8 Å². The van der Waals surface area contributed by atoms with Crippen LogP contribution in [0.1, 0.15) is 11.1 Å². The molecule has 0 saturated heterocycles. The molecule has 0 atom stereocenters. The largest absolute Gasteiger partial charge is 0.488 e. The van der Waals surface area contributed by atoms with E-state index in [2.05, 4.69) is 9.97 Å². The van der Waals surface area contributed by atoms with E-state index in [0.717, 1.165) is 12.1 Å².